The highest BCUT2D eigenvalue weighted by Crippen LogP contribution is 2.26. The maximum Gasteiger partial charge on any atom is 0.0344 e. The molecule has 0 N–H and O–H groups in total. The summed E-state index contributed by atoms with van der Waals surface area (Å²) in [4.78, 5) is 7.68. The van der Waals surface area contributed by atoms with E-state index in [1.54, 1.807) is 0 Å². The zero-order valence-corrected chi connectivity index (χ0v) is 12.2. The van der Waals surface area contributed by atoms with Gasteiger partial charge in [0, 0.05) is 43.8 Å². The maximum absolute atomic E-state index is 2.69. The zero-order chi connectivity index (χ0) is 12.6. The van der Waals surface area contributed by atoms with Gasteiger partial charge in [-0.15, -0.1) is 0 Å². The molecule has 0 aliphatic carbocycles. The van der Waals surface area contributed by atoms with Gasteiger partial charge in [-0.05, 0) is 47.7 Å². The molecule has 2 aliphatic heterocycles. The lowest BCUT2D eigenvalue weighted by Crippen LogP contribution is -2.62. The van der Waals surface area contributed by atoms with Crippen molar-refractivity contribution in [2.75, 3.05) is 40.3 Å². The van der Waals surface area contributed by atoms with Crippen molar-refractivity contribution >= 4 is 0 Å². The van der Waals surface area contributed by atoms with Crippen molar-refractivity contribution in [3.05, 3.63) is 0 Å². The standard InChI is InChI=1S/C14H29N3/c1-14(2,3)17-8-6-12(7-9-17)16-10-13(11-16)15(4)5/h12-13H,6-11H2,1-5H3. The van der Waals surface area contributed by atoms with Crippen LogP contribution in [0.25, 0.3) is 0 Å². The lowest BCUT2D eigenvalue weighted by atomic mass is 9.94. The predicted molar refractivity (Wildman–Crippen MR) is 73.4 cm³/mol. The second-order valence-electron chi connectivity index (χ2n) is 6.96. The van der Waals surface area contributed by atoms with Crippen molar-refractivity contribution in [3.8, 4) is 0 Å². The van der Waals surface area contributed by atoms with Crippen molar-refractivity contribution in [2.24, 2.45) is 0 Å². The maximum atomic E-state index is 2.69. The van der Waals surface area contributed by atoms with Crippen LogP contribution in [0.4, 0.5) is 0 Å². The summed E-state index contributed by atoms with van der Waals surface area (Å²) in [6.45, 7) is 12.1. The molecule has 2 fully saturated rings. The van der Waals surface area contributed by atoms with Crippen LogP contribution in [0.3, 0.4) is 0 Å². The number of piperidine rings is 1. The Kier molecular flexibility index (Phi) is 3.81. The quantitative estimate of drug-likeness (QED) is 0.723. The molecule has 2 aliphatic rings. The van der Waals surface area contributed by atoms with Gasteiger partial charge in [-0.1, -0.05) is 0 Å². The Labute approximate surface area is 107 Å². The summed E-state index contributed by atoms with van der Waals surface area (Å²) in [6.07, 6.45) is 2.72. The average Bonchev–Trinajstić information content (AvgIpc) is 2.14. The molecule has 0 bridgehead atoms. The molecule has 0 spiro atoms. The normalized spacial score (nSPS) is 26.5. The molecule has 0 aromatic carbocycles. The van der Waals surface area contributed by atoms with E-state index in [4.69, 9.17) is 0 Å². The minimum Gasteiger partial charge on any atom is -0.304 e. The smallest absolute Gasteiger partial charge is 0.0344 e. The lowest BCUT2D eigenvalue weighted by Gasteiger charge is -2.50. The fourth-order valence-electron chi connectivity index (χ4n) is 3.01. The van der Waals surface area contributed by atoms with E-state index in [2.05, 4.69) is 49.6 Å². The fourth-order valence-corrected chi connectivity index (χ4v) is 3.01. The molecule has 2 saturated heterocycles. The zero-order valence-electron chi connectivity index (χ0n) is 12.2. The minimum absolute atomic E-state index is 0.353. The van der Waals surface area contributed by atoms with E-state index in [1.807, 2.05) is 0 Å². The fraction of sp³-hybridized carbons (Fsp3) is 1.00. The number of hydrogen-bond acceptors (Lipinski definition) is 3. The number of likely N-dealkylation sites (tertiary alicyclic amines) is 2. The van der Waals surface area contributed by atoms with E-state index in [0.717, 1.165) is 12.1 Å². The molecular weight excluding hydrogens is 210 g/mol. The van der Waals surface area contributed by atoms with E-state index in [9.17, 15) is 0 Å². The van der Waals surface area contributed by atoms with Gasteiger partial charge in [0.2, 0.25) is 0 Å². The summed E-state index contributed by atoms with van der Waals surface area (Å²) in [5.41, 5.74) is 0.353. The molecule has 17 heavy (non-hydrogen) atoms. The molecule has 0 atom stereocenters. The van der Waals surface area contributed by atoms with Gasteiger partial charge >= 0.3 is 0 Å². The minimum atomic E-state index is 0.353. The van der Waals surface area contributed by atoms with Gasteiger partial charge in [0.1, 0.15) is 0 Å². The lowest BCUT2D eigenvalue weighted by molar-refractivity contribution is -0.0106. The van der Waals surface area contributed by atoms with E-state index >= 15 is 0 Å². The third-order valence-electron chi connectivity index (χ3n) is 4.55. The van der Waals surface area contributed by atoms with Gasteiger partial charge in [0.05, 0.1) is 0 Å². The van der Waals surface area contributed by atoms with Crippen molar-refractivity contribution in [3.63, 3.8) is 0 Å². The number of hydrogen-bond donors (Lipinski definition) is 0. The van der Waals surface area contributed by atoms with E-state index < -0.39 is 0 Å². The van der Waals surface area contributed by atoms with Gasteiger partial charge in [0.15, 0.2) is 0 Å². The number of likely N-dealkylation sites (N-methyl/N-ethyl adjacent to an activating group) is 1. The molecule has 0 aromatic heterocycles. The first-order valence-corrected chi connectivity index (χ1v) is 7.03. The highest BCUT2D eigenvalue weighted by Gasteiger charge is 2.36. The molecular formula is C14H29N3. The Balaban J connectivity index is 1.74. The number of nitrogens with zero attached hydrogens (tertiary/aromatic N) is 3. The number of rotatable bonds is 2. The van der Waals surface area contributed by atoms with Crippen LogP contribution in [0.2, 0.25) is 0 Å². The summed E-state index contributed by atoms with van der Waals surface area (Å²) >= 11 is 0. The SMILES string of the molecule is CN(C)C1CN(C2CCN(C(C)(C)C)CC2)C1. The summed E-state index contributed by atoms with van der Waals surface area (Å²) in [6, 6.07) is 1.65. The van der Waals surface area contributed by atoms with E-state index in [1.165, 1.54) is 39.0 Å². The van der Waals surface area contributed by atoms with Crippen molar-refractivity contribution in [1.29, 1.82) is 0 Å². The molecule has 0 unspecified atom stereocenters. The van der Waals surface area contributed by atoms with Crippen molar-refractivity contribution in [1.82, 2.24) is 14.7 Å². The van der Waals surface area contributed by atoms with Crippen LogP contribution in [0, 0.1) is 0 Å². The molecule has 2 rings (SSSR count). The first-order chi connectivity index (χ1) is 7.88. The van der Waals surface area contributed by atoms with Gasteiger partial charge in [-0.25, -0.2) is 0 Å². The topological polar surface area (TPSA) is 9.72 Å². The van der Waals surface area contributed by atoms with Gasteiger partial charge in [0.25, 0.3) is 0 Å². The first kappa shape index (κ1) is 13.3. The van der Waals surface area contributed by atoms with Crippen LogP contribution >= 0.6 is 0 Å². The van der Waals surface area contributed by atoms with Gasteiger partial charge in [-0.3, -0.25) is 9.80 Å². The largest absolute Gasteiger partial charge is 0.304 e. The summed E-state index contributed by atoms with van der Waals surface area (Å²) in [5, 5.41) is 0. The Bertz CT molecular complexity index is 243. The van der Waals surface area contributed by atoms with Crippen molar-refractivity contribution in [2.45, 2.75) is 51.2 Å². The monoisotopic (exact) mass is 239 g/mol. The highest BCUT2D eigenvalue weighted by atomic mass is 15.3. The van der Waals surface area contributed by atoms with Crippen molar-refractivity contribution < 1.29 is 0 Å². The molecule has 100 valence electrons. The summed E-state index contributed by atoms with van der Waals surface area (Å²) in [7, 11) is 4.40. The highest BCUT2D eigenvalue weighted by molar-refractivity contribution is 4.93. The van der Waals surface area contributed by atoms with Crippen LogP contribution < -0.4 is 0 Å². The molecule has 3 heteroatoms. The Morgan fingerprint density at radius 1 is 1.00 bits per heavy atom. The molecule has 0 amide bonds. The van der Waals surface area contributed by atoms with Crippen LogP contribution in [0.15, 0.2) is 0 Å². The van der Waals surface area contributed by atoms with Crippen LogP contribution in [0.1, 0.15) is 33.6 Å². The molecule has 0 aromatic rings. The Hall–Kier alpha value is -0.120. The Morgan fingerprint density at radius 2 is 1.53 bits per heavy atom. The van der Waals surface area contributed by atoms with E-state index in [0.29, 0.717) is 5.54 Å². The molecule has 2 heterocycles. The van der Waals surface area contributed by atoms with Crippen LogP contribution in [-0.4, -0.2) is 72.6 Å². The third-order valence-corrected chi connectivity index (χ3v) is 4.55. The molecule has 3 nitrogen and oxygen atoms in total. The summed E-state index contributed by atoms with van der Waals surface area (Å²) < 4.78 is 0. The van der Waals surface area contributed by atoms with Gasteiger partial charge in [-0.2, -0.15) is 0 Å². The average molecular weight is 239 g/mol. The molecule has 0 saturated carbocycles. The van der Waals surface area contributed by atoms with E-state index in [-0.39, 0.29) is 0 Å². The predicted octanol–water partition coefficient (Wildman–Crippen LogP) is 1.50. The Morgan fingerprint density at radius 3 is 1.94 bits per heavy atom. The van der Waals surface area contributed by atoms with Gasteiger partial charge < -0.3 is 4.90 Å². The first-order valence-electron chi connectivity index (χ1n) is 7.03. The third kappa shape index (κ3) is 3.01. The van der Waals surface area contributed by atoms with Crippen LogP contribution in [-0.2, 0) is 0 Å². The summed E-state index contributed by atoms with van der Waals surface area (Å²) in [5.74, 6) is 0. The second-order valence-corrected chi connectivity index (χ2v) is 6.96. The second kappa shape index (κ2) is 4.87. The molecule has 0 radical (unpaired) electrons. The van der Waals surface area contributed by atoms with Crippen LogP contribution in [0.5, 0.6) is 0 Å².